The van der Waals surface area contributed by atoms with Gasteiger partial charge in [0.25, 0.3) is 17.5 Å². The third-order valence-electron chi connectivity index (χ3n) is 4.11. The number of hydrogen-bond acceptors (Lipinski definition) is 8. The molecule has 0 saturated heterocycles. The van der Waals surface area contributed by atoms with Crippen molar-refractivity contribution in [2.75, 3.05) is 27.4 Å². The van der Waals surface area contributed by atoms with E-state index in [1.807, 2.05) is 0 Å². The second-order valence-corrected chi connectivity index (χ2v) is 5.83. The van der Waals surface area contributed by atoms with Gasteiger partial charge in [-0.2, -0.15) is 0 Å². The zero-order chi connectivity index (χ0) is 20.8. The molecule has 150 valence electrons. The number of nitrogens with one attached hydrogen (secondary N) is 1. The molecule has 2 rings (SSSR count). The van der Waals surface area contributed by atoms with Gasteiger partial charge in [0.1, 0.15) is 12.2 Å². The van der Waals surface area contributed by atoms with Gasteiger partial charge in [0.15, 0.2) is 0 Å². The Hall–Kier alpha value is -3.40. The average molecular weight is 392 g/mol. The van der Waals surface area contributed by atoms with Crippen LogP contribution >= 0.6 is 0 Å². The Morgan fingerprint density at radius 2 is 2.04 bits per heavy atom. The summed E-state index contributed by atoms with van der Waals surface area (Å²) in [7, 11) is 2.60. The summed E-state index contributed by atoms with van der Waals surface area (Å²) in [5.41, 5.74) is -0.0103. The molecule has 0 aromatic heterocycles. The smallest absolute Gasteiger partial charge is 0.336 e. The number of carbonyl (C=O) groups excluding carboxylic acids is 2. The number of nitro benzene ring substituents is 1. The highest BCUT2D eigenvalue weighted by Crippen LogP contribution is 2.39. The highest BCUT2D eigenvalue weighted by Gasteiger charge is 2.40. The highest BCUT2D eigenvalue weighted by atomic mass is 16.6. The predicted octanol–water partition coefficient (Wildman–Crippen LogP) is 1.69. The van der Waals surface area contributed by atoms with E-state index < -0.39 is 28.7 Å². The molecule has 1 aromatic rings. The molecular formula is C18H20N2O8. The van der Waals surface area contributed by atoms with Crippen molar-refractivity contribution in [2.24, 2.45) is 0 Å². The lowest BCUT2D eigenvalue weighted by Crippen LogP contribution is -2.37. The Labute approximate surface area is 160 Å². The number of amides is 1. The van der Waals surface area contributed by atoms with Crippen LogP contribution in [0.2, 0.25) is 0 Å². The van der Waals surface area contributed by atoms with Gasteiger partial charge in [-0.3, -0.25) is 14.9 Å². The molecule has 1 aromatic carbocycles. The van der Waals surface area contributed by atoms with Gasteiger partial charge in [0, 0.05) is 24.9 Å². The molecule has 1 aliphatic rings. The van der Waals surface area contributed by atoms with E-state index in [0.717, 1.165) is 7.11 Å². The standard InChI is InChI=1S/C18H20N2O8/c1-10-13(18(23)28-8-7-26-2)14(15(16(21)19-10)17(22)27-3)11-5-4-6-12(9-11)20(24)25/h4-6,9,14,22H,7-8H2,1-3H3,(H,19,21)/b17-15-. The minimum Gasteiger partial charge on any atom is -0.481 e. The number of ether oxygens (including phenoxy) is 3. The van der Waals surface area contributed by atoms with Crippen LogP contribution in [-0.2, 0) is 23.8 Å². The topological polar surface area (TPSA) is 137 Å². The summed E-state index contributed by atoms with van der Waals surface area (Å²) in [6.07, 6.45) is 0. The van der Waals surface area contributed by atoms with Crippen LogP contribution in [0.1, 0.15) is 18.4 Å². The molecule has 1 atom stereocenters. The third-order valence-corrected chi connectivity index (χ3v) is 4.11. The van der Waals surface area contributed by atoms with E-state index in [1.165, 1.54) is 38.3 Å². The second-order valence-electron chi connectivity index (χ2n) is 5.83. The molecular weight excluding hydrogens is 372 g/mol. The Balaban J connectivity index is 2.64. The first-order chi connectivity index (χ1) is 13.3. The molecule has 10 heteroatoms. The van der Waals surface area contributed by atoms with Crippen LogP contribution in [0.25, 0.3) is 0 Å². The summed E-state index contributed by atoms with van der Waals surface area (Å²) >= 11 is 0. The molecule has 2 N–H and O–H groups in total. The fourth-order valence-electron chi connectivity index (χ4n) is 2.85. The number of aliphatic hydroxyl groups is 1. The first-order valence-electron chi connectivity index (χ1n) is 8.21. The summed E-state index contributed by atoms with van der Waals surface area (Å²) in [5, 5.41) is 23.8. The van der Waals surface area contributed by atoms with Crippen molar-refractivity contribution in [3.63, 3.8) is 0 Å². The van der Waals surface area contributed by atoms with Crippen LogP contribution in [0.3, 0.4) is 0 Å². The van der Waals surface area contributed by atoms with Gasteiger partial charge < -0.3 is 24.6 Å². The number of non-ortho nitro benzene ring substituents is 1. The number of nitrogens with zero attached hydrogens (tertiary/aromatic N) is 1. The van der Waals surface area contributed by atoms with Gasteiger partial charge in [-0.15, -0.1) is 0 Å². The molecule has 0 saturated carbocycles. The predicted molar refractivity (Wildman–Crippen MR) is 96.2 cm³/mol. The summed E-state index contributed by atoms with van der Waals surface area (Å²) in [6, 6.07) is 5.43. The second kappa shape index (κ2) is 9.00. The van der Waals surface area contributed by atoms with Crippen molar-refractivity contribution in [1.82, 2.24) is 5.32 Å². The van der Waals surface area contributed by atoms with E-state index in [9.17, 15) is 24.8 Å². The Morgan fingerprint density at radius 3 is 2.64 bits per heavy atom. The van der Waals surface area contributed by atoms with Crippen molar-refractivity contribution in [1.29, 1.82) is 0 Å². The normalized spacial score (nSPS) is 18.4. The fraction of sp³-hybridized carbons (Fsp3) is 0.333. The van der Waals surface area contributed by atoms with Gasteiger partial charge in [-0.05, 0) is 12.5 Å². The van der Waals surface area contributed by atoms with Gasteiger partial charge in [0.05, 0.1) is 30.1 Å². The van der Waals surface area contributed by atoms with E-state index in [0.29, 0.717) is 0 Å². The molecule has 0 aliphatic carbocycles. The molecule has 1 amide bonds. The summed E-state index contributed by atoms with van der Waals surface area (Å²) in [5.74, 6) is -3.28. The first-order valence-corrected chi connectivity index (χ1v) is 8.21. The lowest BCUT2D eigenvalue weighted by molar-refractivity contribution is -0.384. The Morgan fingerprint density at radius 1 is 1.32 bits per heavy atom. The lowest BCUT2D eigenvalue weighted by atomic mass is 9.80. The maximum absolute atomic E-state index is 12.7. The fourth-order valence-corrected chi connectivity index (χ4v) is 2.85. The number of carbonyl (C=O) groups is 2. The van der Waals surface area contributed by atoms with E-state index in [1.54, 1.807) is 0 Å². The number of nitro groups is 1. The summed E-state index contributed by atoms with van der Waals surface area (Å²) in [6.45, 7) is 1.63. The van der Waals surface area contributed by atoms with Crippen LogP contribution in [0, 0.1) is 10.1 Å². The number of allylic oxidation sites excluding steroid dienone is 1. The number of esters is 1. The number of benzene rings is 1. The number of aliphatic hydroxyl groups excluding tert-OH is 1. The minimum atomic E-state index is -1.12. The van der Waals surface area contributed by atoms with Gasteiger partial charge in [0.2, 0.25) is 0 Å². The van der Waals surface area contributed by atoms with Crippen LogP contribution < -0.4 is 5.32 Å². The molecule has 0 fully saturated rings. The third kappa shape index (κ3) is 4.29. The molecule has 28 heavy (non-hydrogen) atoms. The Kier molecular flexibility index (Phi) is 6.72. The van der Waals surface area contributed by atoms with Crippen molar-refractivity contribution in [3.8, 4) is 0 Å². The molecule has 1 unspecified atom stereocenters. The molecule has 10 nitrogen and oxygen atoms in total. The molecule has 0 spiro atoms. The number of hydrogen-bond donors (Lipinski definition) is 2. The zero-order valence-corrected chi connectivity index (χ0v) is 15.6. The lowest BCUT2D eigenvalue weighted by Gasteiger charge is -2.29. The SMILES string of the molecule is COCCOC(=O)C1=C(C)NC(=O)/C(=C(/O)OC)C1c1cccc([N+](=O)[O-])c1. The molecule has 1 aliphatic heterocycles. The molecule has 0 radical (unpaired) electrons. The Bertz CT molecular complexity index is 859. The largest absolute Gasteiger partial charge is 0.481 e. The van der Waals surface area contributed by atoms with Crippen molar-refractivity contribution < 1.29 is 33.8 Å². The van der Waals surface area contributed by atoms with Crippen LogP contribution in [-0.4, -0.2) is 49.3 Å². The zero-order valence-electron chi connectivity index (χ0n) is 15.6. The quantitative estimate of drug-likeness (QED) is 0.179. The van der Waals surface area contributed by atoms with Crippen molar-refractivity contribution >= 4 is 17.6 Å². The van der Waals surface area contributed by atoms with Gasteiger partial charge >= 0.3 is 5.97 Å². The van der Waals surface area contributed by atoms with Gasteiger partial charge in [-0.25, -0.2) is 4.79 Å². The van der Waals surface area contributed by atoms with Crippen molar-refractivity contribution in [2.45, 2.75) is 12.8 Å². The highest BCUT2D eigenvalue weighted by molar-refractivity contribution is 6.04. The monoisotopic (exact) mass is 392 g/mol. The van der Waals surface area contributed by atoms with Crippen LogP contribution in [0.5, 0.6) is 0 Å². The summed E-state index contributed by atoms with van der Waals surface area (Å²) < 4.78 is 14.8. The number of methoxy groups -OCH3 is 2. The minimum absolute atomic E-state index is 0.0230. The van der Waals surface area contributed by atoms with E-state index >= 15 is 0 Å². The first kappa shape index (κ1) is 20.9. The maximum atomic E-state index is 12.7. The average Bonchev–Trinajstić information content (AvgIpc) is 2.67. The van der Waals surface area contributed by atoms with Gasteiger partial charge in [-0.1, -0.05) is 12.1 Å². The molecule has 0 bridgehead atoms. The maximum Gasteiger partial charge on any atom is 0.336 e. The molecule has 1 heterocycles. The van der Waals surface area contributed by atoms with E-state index in [4.69, 9.17) is 14.2 Å². The number of rotatable bonds is 7. The summed E-state index contributed by atoms with van der Waals surface area (Å²) in [4.78, 5) is 35.7. The van der Waals surface area contributed by atoms with Crippen LogP contribution in [0.4, 0.5) is 5.69 Å². The van der Waals surface area contributed by atoms with E-state index in [-0.39, 0.29) is 41.3 Å². The van der Waals surface area contributed by atoms with Crippen molar-refractivity contribution in [3.05, 3.63) is 62.7 Å². The van der Waals surface area contributed by atoms with Crippen LogP contribution in [0.15, 0.2) is 47.1 Å². The van der Waals surface area contributed by atoms with E-state index in [2.05, 4.69) is 5.32 Å².